The van der Waals surface area contributed by atoms with Gasteiger partial charge in [-0.15, -0.1) is 0 Å². The molecule has 6 nitrogen and oxygen atoms in total. The number of nitrogens with zero attached hydrogens (tertiary/aromatic N) is 5. The van der Waals surface area contributed by atoms with Crippen molar-refractivity contribution in [3.63, 3.8) is 0 Å². The lowest BCUT2D eigenvalue weighted by Crippen LogP contribution is -2.41. The van der Waals surface area contributed by atoms with Gasteiger partial charge in [0.05, 0.1) is 13.2 Å². The highest BCUT2D eigenvalue weighted by Gasteiger charge is 2.36. The Morgan fingerprint density at radius 3 is 2.37 bits per heavy atom. The van der Waals surface area contributed by atoms with E-state index in [2.05, 4.69) is 37.3 Å². The Hall–Kier alpha value is -2.60. The number of aromatic nitrogens is 4. The maximum absolute atomic E-state index is 5.28. The molecule has 3 aromatic rings. The van der Waals surface area contributed by atoms with Crippen molar-refractivity contribution in [1.29, 1.82) is 0 Å². The Bertz CT molecular complexity index is 913. The molecule has 27 heavy (non-hydrogen) atoms. The van der Waals surface area contributed by atoms with Crippen LogP contribution in [0.1, 0.15) is 31.7 Å². The molecule has 6 heteroatoms. The van der Waals surface area contributed by atoms with E-state index in [0.717, 1.165) is 23.1 Å². The fourth-order valence-electron chi connectivity index (χ4n) is 4.76. The van der Waals surface area contributed by atoms with Crippen LogP contribution in [0.5, 0.6) is 5.75 Å². The van der Waals surface area contributed by atoms with Gasteiger partial charge < -0.3 is 9.30 Å². The highest BCUT2D eigenvalue weighted by atomic mass is 16.5. The SMILES string of the molecule is COc1ccc(-n2ccnc2-c2nccn2[C@@H]2CCCN3CCC[C@H]23)cc1. The van der Waals surface area contributed by atoms with Gasteiger partial charge in [-0.2, -0.15) is 0 Å². The maximum atomic E-state index is 5.28. The van der Waals surface area contributed by atoms with E-state index >= 15 is 0 Å². The zero-order valence-corrected chi connectivity index (χ0v) is 15.7. The molecule has 0 amide bonds. The van der Waals surface area contributed by atoms with Gasteiger partial charge in [-0.25, -0.2) is 9.97 Å². The van der Waals surface area contributed by atoms with E-state index in [4.69, 9.17) is 9.72 Å². The van der Waals surface area contributed by atoms with Crippen molar-refractivity contribution in [1.82, 2.24) is 24.0 Å². The third kappa shape index (κ3) is 2.84. The number of fused-ring (bicyclic) bond motifs is 1. The first-order chi connectivity index (χ1) is 13.3. The summed E-state index contributed by atoms with van der Waals surface area (Å²) in [5.74, 6) is 2.69. The van der Waals surface area contributed by atoms with Gasteiger partial charge in [0.15, 0.2) is 11.6 Å². The van der Waals surface area contributed by atoms with E-state index in [9.17, 15) is 0 Å². The van der Waals surface area contributed by atoms with Crippen LogP contribution in [-0.4, -0.2) is 50.2 Å². The van der Waals surface area contributed by atoms with Crippen molar-refractivity contribution < 1.29 is 4.74 Å². The van der Waals surface area contributed by atoms with Crippen molar-refractivity contribution in [3.8, 4) is 23.1 Å². The van der Waals surface area contributed by atoms with E-state index in [1.807, 2.05) is 30.7 Å². The predicted octanol–water partition coefficient (Wildman–Crippen LogP) is 3.54. The topological polar surface area (TPSA) is 48.1 Å². The van der Waals surface area contributed by atoms with Crippen LogP contribution in [0.25, 0.3) is 17.3 Å². The molecule has 2 aliphatic rings. The number of imidazole rings is 2. The van der Waals surface area contributed by atoms with Gasteiger partial charge in [-0.05, 0) is 63.0 Å². The van der Waals surface area contributed by atoms with Crippen molar-refractivity contribution in [2.45, 2.75) is 37.8 Å². The molecule has 0 N–H and O–H groups in total. The van der Waals surface area contributed by atoms with Gasteiger partial charge in [0.2, 0.25) is 0 Å². The molecule has 140 valence electrons. The smallest absolute Gasteiger partial charge is 0.181 e. The van der Waals surface area contributed by atoms with Crippen LogP contribution >= 0.6 is 0 Å². The molecular formula is C21H25N5O. The van der Waals surface area contributed by atoms with Crippen LogP contribution < -0.4 is 4.74 Å². The molecule has 2 saturated heterocycles. The fourth-order valence-corrected chi connectivity index (χ4v) is 4.76. The third-order valence-electron chi connectivity index (χ3n) is 6.02. The lowest BCUT2D eigenvalue weighted by Gasteiger charge is -2.37. The lowest BCUT2D eigenvalue weighted by atomic mass is 9.96. The summed E-state index contributed by atoms with van der Waals surface area (Å²) >= 11 is 0. The molecule has 2 fully saturated rings. The summed E-state index contributed by atoms with van der Waals surface area (Å²) in [4.78, 5) is 12.0. The summed E-state index contributed by atoms with van der Waals surface area (Å²) in [6.45, 7) is 2.48. The Labute approximate surface area is 159 Å². The number of hydrogen-bond acceptors (Lipinski definition) is 4. The summed E-state index contributed by atoms with van der Waals surface area (Å²) < 4.78 is 9.75. The largest absolute Gasteiger partial charge is 0.497 e. The van der Waals surface area contributed by atoms with Gasteiger partial charge in [-0.3, -0.25) is 9.47 Å². The first-order valence-electron chi connectivity index (χ1n) is 9.80. The van der Waals surface area contributed by atoms with Gasteiger partial charge in [0.1, 0.15) is 5.75 Å². The Kier molecular flexibility index (Phi) is 4.20. The summed E-state index contributed by atoms with van der Waals surface area (Å²) in [5, 5.41) is 0. The van der Waals surface area contributed by atoms with Gasteiger partial charge in [0.25, 0.3) is 0 Å². The minimum atomic E-state index is 0.486. The highest BCUT2D eigenvalue weighted by Crippen LogP contribution is 2.37. The minimum absolute atomic E-state index is 0.486. The third-order valence-corrected chi connectivity index (χ3v) is 6.02. The average Bonchev–Trinajstić information content (AvgIpc) is 3.47. The van der Waals surface area contributed by atoms with Crippen LogP contribution in [-0.2, 0) is 0 Å². The lowest BCUT2D eigenvalue weighted by molar-refractivity contribution is 0.139. The zero-order valence-electron chi connectivity index (χ0n) is 15.7. The number of ether oxygens (including phenoxy) is 1. The Morgan fingerprint density at radius 2 is 1.59 bits per heavy atom. The van der Waals surface area contributed by atoms with E-state index in [-0.39, 0.29) is 0 Å². The van der Waals surface area contributed by atoms with E-state index in [1.165, 1.54) is 38.8 Å². The second-order valence-corrected chi connectivity index (χ2v) is 7.43. The van der Waals surface area contributed by atoms with Gasteiger partial charge >= 0.3 is 0 Å². The summed E-state index contributed by atoms with van der Waals surface area (Å²) in [6.07, 6.45) is 13.0. The summed E-state index contributed by atoms with van der Waals surface area (Å²) in [7, 11) is 1.69. The van der Waals surface area contributed by atoms with Crippen molar-refractivity contribution in [2.24, 2.45) is 0 Å². The Balaban J connectivity index is 1.52. The minimum Gasteiger partial charge on any atom is -0.497 e. The molecule has 0 radical (unpaired) electrons. The fraction of sp³-hybridized carbons (Fsp3) is 0.429. The van der Waals surface area contributed by atoms with Crippen molar-refractivity contribution >= 4 is 0 Å². The molecular weight excluding hydrogens is 338 g/mol. The van der Waals surface area contributed by atoms with Crippen molar-refractivity contribution in [2.75, 3.05) is 20.2 Å². The molecule has 0 bridgehead atoms. The highest BCUT2D eigenvalue weighted by molar-refractivity contribution is 5.52. The second kappa shape index (κ2) is 6.85. The van der Waals surface area contributed by atoms with Crippen LogP contribution in [0.4, 0.5) is 0 Å². The molecule has 2 aromatic heterocycles. The standard InChI is InChI=1S/C21H25N5O/c1-27-17-8-6-16(7-9-17)25-14-10-22-20(25)21-23-11-15-26(21)19-5-3-13-24-12-2-4-18(19)24/h6-11,14-15,18-19H,2-5,12-13H2,1H3/t18-,19-/m1/s1. The number of hydrogen-bond donors (Lipinski definition) is 0. The van der Waals surface area contributed by atoms with Crippen molar-refractivity contribution in [3.05, 3.63) is 49.1 Å². The molecule has 5 rings (SSSR count). The van der Waals surface area contributed by atoms with E-state index < -0.39 is 0 Å². The maximum Gasteiger partial charge on any atom is 0.181 e. The molecule has 2 atom stereocenters. The van der Waals surface area contributed by atoms with Crippen LogP contribution in [0.2, 0.25) is 0 Å². The zero-order chi connectivity index (χ0) is 18.2. The first-order valence-corrected chi connectivity index (χ1v) is 9.80. The number of piperidine rings is 1. The van der Waals surface area contributed by atoms with Gasteiger partial charge in [-0.1, -0.05) is 0 Å². The van der Waals surface area contributed by atoms with E-state index in [1.54, 1.807) is 7.11 Å². The summed E-state index contributed by atoms with van der Waals surface area (Å²) in [6, 6.07) is 9.18. The number of methoxy groups -OCH3 is 1. The molecule has 0 unspecified atom stereocenters. The predicted molar refractivity (Wildman–Crippen MR) is 104 cm³/mol. The molecule has 0 aliphatic carbocycles. The number of benzene rings is 1. The summed E-state index contributed by atoms with van der Waals surface area (Å²) in [5.41, 5.74) is 1.06. The number of rotatable bonds is 4. The first kappa shape index (κ1) is 16.6. The average molecular weight is 363 g/mol. The normalized spacial score (nSPS) is 22.7. The van der Waals surface area contributed by atoms with Crippen LogP contribution in [0, 0.1) is 0 Å². The Morgan fingerprint density at radius 1 is 0.889 bits per heavy atom. The second-order valence-electron chi connectivity index (χ2n) is 7.43. The van der Waals surface area contributed by atoms with Crippen LogP contribution in [0.15, 0.2) is 49.1 Å². The monoisotopic (exact) mass is 363 g/mol. The van der Waals surface area contributed by atoms with E-state index in [0.29, 0.717) is 12.1 Å². The van der Waals surface area contributed by atoms with Gasteiger partial charge in [0, 0.05) is 36.5 Å². The quantitative estimate of drug-likeness (QED) is 0.711. The molecule has 2 aliphatic heterocycles. The van der Waals surface area contributed by atoms with Crippen LogP contribution in [0.3, 0.4) is 0 Å². The molecule has 4 heterocycles. The molecule has 0 spiro atoms. The molecule has 1 aromatic carbocycles. The molecule has 0 saturated carbocycles.